The van der Waals surface area contributed by atoms with E-state index in [4.69, 9.17) is 11.2 Å². The molecule has 1 saturated carbocycles. The highest BCUT2D eigenvalue weighted by Gasteiger charge is 2.35. The van der Waals surface area contributed by atoms with Crippen molar-refractivity contribution in [3.05, 3.63) is 128 Å². The maximum absolute atomic E-state index is 14.2. The Morgan fingerprint density at radius 1 is 1.08 bits per heavy atom. The number of halogens is 1. The highest BCUT2D eigenvalue weighted by molar-refractivity contribution is 9.10. The van der Waals surface area contributed by atoms with Gasteiger partial charge in [0.25, 0.3) is 11.8 Å². The van der Waals surface area contributed by atoms with Crippen LogP contribution in [0.3, 0.4) is 0 Å². The molecule has 1 unspecified atom stereocenters. The fourth-order valence-electron chi connectivity index (χ4n) is 5.98. The molecule has 3 heterocycles. The number of ether oxygens (including phenoxy) is 1. The van der Waals surface area contributed by atoms with Crippen LogP contribution in [0.1, 0.15) is 57.4 Å². The SMILES string of the molecule is C#Cc1cc(C(=O)N2Cc3c(C(=O)NCc4ccccc4-c4ccncn4)n(-c4ccc(OC5CC5)cc4)c(=O)n3CC2C)ccc1Br. The summed E-state index contributed by atoms with van der Waals surface area (Å²) in [6.07, 6.45) is 11.1. The molecule has 1 atom stereocenters. The molecule has 3 aromatic carbocycles. The summed E-state index contributed by atoms with van der Waals surface area (Å²) in [6.45, 7) is 2.33. The average molecular weight is 704 g/mol. The van der Waals surface area contributed by atoms with E-state index in [-0.39, 0.29) is 49.1 Å². The lowest BCUT2D eigenvalue weighted by molar-refractivity contribution is 0.0610. The predicted octanol–water partition coefficient (Wildman–Crippen LogP) is 5.36. The van der Waals surface area contributed by atoms with Gasteiger partial charge in [-0.1, -0.05) is 30.2 Å². The molecule has 0 radical (unpaired) electrons. The van der Waals surface area contributed by atoms with Crippen LogP contribution in [0.2, 0.25) is 0 Å². The number of terminal acetylenes is 1. The minimum Gasteiger partial charge on any atom is -0.490 e. The number of amides is 2. The summed E-state index contributed by atoms with van der Waals surface area (Å²) in [7, 11) is 0. The summed E-state index contributed by atoms with van der Waals surface area (Å²) < 4.78 is 9.66. The van der Waals surface area contributed by atoms with Crippen LogP contribution in [0.25, 0.3) is 16.9 Å². The zero-order valence-electron chi connectivity index (χ0n) is 26.1. The molecule has 240 valence electrons. The van der Waals surface area contributed by atoms with Crippen molar-refractivity contribution >= 4 is 27.7 Å². The van der Waals surface area contributed by atoms with Crippen molar-refractivity contribution in [2.45, 2.75) is 51.5 Å². The number of rotatable bonds is 8. The van der Waals surface area contributed by atoms with E-state index in [9.17, 15) is 14.4 Å². The summed E-state index contributed by atoms with van der Waals surface area (Å²) >= 11 is 3.43. The number of carbonyl (C=O) groups is 2. The number of aromatic nitrogens is 4. The molecular formula is C37H31BrN6O4. The van der Waals surface area contributed by atoms with Crippen LogP contribution in [-0.4, -0.2) is 48.0 Å². The van der Waals surface area contributed by atoms with Crippen molar-refractivity contribution in [2.75, 3.05) is 0 Å². The fraction of sp³-hybridized carbons (Fsp3) is 0.216. The van der Waals surface area contributed by atoms with Crippen LogP contribution in [0, 0.1) is 12.3 Å². The van der Waals surface area contributed by atoms with Gasteiger partial charge in [0, 0.05) is 46.5 Å². The number of nitrogens with one attached hydrogen (secondary N) is 1. The number of carbonyl (C=O) groups excluding carboxylic acids is 2. The lowest BCUT2D eigenvalue weighted by Crippen LogP contribution is -2.47. The topological polar surface area (TPSA) is 111 Å². The molecule has 1 aliphatic carbocycles. The molecule has 1 N–H and O–H groups in total. The summed E-state index contributed by atoms with van der Waals surface area (Å²) in [4.78, 5) is 52.3. The Labute approximate surface area is 285 Å². The van der Waals surface area contributed by atoms with Gasteiger partial charge in [-0.3, -0.25) is 18.7 Å². The molecule has 2 aromatic heterocycles. The largest absolute Gasteiger partial charge is 0.490 e. The Bertz CT molecular complexity index is 2130. The highest BCUT2D eigenvalue weighted by Crippen LogP contribution is 2.29. The van der Waals surface area contributed by atoms with E-state index in [1.807, 2.05) is 49.4 Å². The first-order valence-corrected chi connectivity index (χ1v) is 16.4. The summed E-state index contributed by atoms with van der Waals surface area (Å²) in [5, 5.41) is 3.04. The fourth-order valence-corrected chi connectivity index (χ4v) is 6.34. The normalized spacial score (nSPS) is 15.4. The van der Waals surface area contributed by atoms with Gasteiger partial charge < -0.3 is 15.0 Å². The van der Waals surface area contributed by atoms with E-state index < -0.39 is 5.91 Å². The van der Waals surface area contributed by atoms with Crippen molar-refractivity contribution < 1.29 is 14.3 Å². The molecule has 1 aliphatic heterocycles. The molecule has 2 aliphatic rings. The smallest absolute Gasteiger partial charge is 0.333 e. The Kier molecular flexibility index (Phi) is 8.41. The number of imidazole rings is 1. The number of nitrogens with zero attached hydrogens (tertiary/aromatic N) is 5. The second kappa shape index (κ2) is 13.0. The van der Waals surface area contributed by atoms with Crippen molar-refractivity contribution in [3.8, 4) is 35.0 Å². The van der Waals surface area contributed by atoms with Gasteiger partial charge in [0.05, 0.1) is 29.7 Å². The lowest BCUT2D eigenvalue weighted by atomic mass is 10.0. The van der Waals surface area contributed by atoms with Crippen LogP contribution < -0.4 is 15.7 Å². The van der Waals surface area contributed by atoms with Crippen LogP contribution in [0.5, 0.6) is 5.75 Å². The predicted molar refractivity (Wildman–Crippen MR) is 184 cm³/mol. The van der Waals surface area contributed by atoms with E-state index in [0.717, 1.165) is 29.7 Å². The molecule has 48 heavy (non-hydrogen) atoms. The van der Waals surface area contributed by atoms with E-state index in [1.165, 1.54) is 10.9 Å². The standard InChI is InChI=1S/C37H31BrN6O4/c1-3-24-18-25(8-15-31(24)38)36(46)42-21-33-34(35(45)40-19-26-6-4-5-7-30(26)32-16-17-39-22-41-32)44(37(47)43(33)20-23(42)2)27-9-11-28(12-10-27)48-29-13-14-29/h1,4-12,15-18,22-23,29H,13-14,19-21H2,2H3,(H,40,45). The molecule has 11 heteroatoms. The Balaban J connectivity index is 1.26. The maximum atomic E-state index is 14.2. The molecule has 5 aromatic rings. The minimum absolute atomic E-state index is 0.0485. The van der Waals surface area contributed by atoms with Crippen molar-refractivity contribution in [1.82, 2.24) is 29.3 Å². The van der Waals surface area contributed by atoms with Gasteiger partial charge in [-0.25, -0.2) is 14.8 Å². The molecule has 7 rings (SSSR count). The molecule has 0 spiro atoms. The summed E-state index contributed by atoms with van der Waals surface area (Å²) in [6, 6.07) is 21.4. The Morgan fingerprint density at radius 2 is 1.88 bits per heavy atom. The molecule has 1 fully saturated rings. The monoisotopic (exact) mass is 702 g/mol. The number of benzene rings is 3. The molecule has 2 amide bonds. The van der Waals surface area contributed by atoms with E-state index >= 15 is 0 Å². The molecular weight excluding hydrogens is 672 g/mol. The number of fused-ring (bicyclic) bond motifs is 1. The third-order valence-corrected chi connectivity index (χ3v) is 9.32. The first-order valence-electron chi connectivity index (χ1n) is 15.6. The summed E-state index contributed by atoms with van der Waals surface area (Å²) in [5.74, 6) is 2.61. The van der Waals surface area contributed by atoms with Gasteiger partial charge in [-0.05, 0) is 89.8 Å². The highest BCUT2D eigenvalue weighted by atomic mass is 79.9. The van der Waals surface area contributed by atoms with Gasteiger partial charge in [0.1, 0.15) is 17.8 Å². The number of hydrogen-bond acceptors (Lipinski definition) is 6. The van der Waals surface area contributed by atoms with Crippen LogP contribution in [0.15, 0.2) is 94.6 Å². The second-order valence-corrected chi connectivity index (χ2v) is 12.7. The maximum Gasteiger partial charge on any atom is 0.333 e. The van der Waals surface area contributed by atoms with Crippen molar-refractivity contribution in [2.24, 2.45) is 0 Å². The van der Waals surface area contributed by atoms with Crippen LogP contribution in [-0.2, 0) is 19.6 Å². The van der Waals surface area contributed by atoms with E-state index in [1.54, 1.807) is 46.0 Å². The second-order valence-electron chi connectivity index (χ2n) is 11.9. The van der Waals surface area contributed by atoms with E-state index in [2.05, 4.69) is 37.1 Å². The van der Waals surface area contributed by atoms with Gasteiger partial charge in [-0.15, -0.1) is 6.42 Å². The average Bonchev–Trinajstić information content (AvgIpc) is 3.89. The molecule has 0 saturated heterocycles. The van der Waals surface area contributed by atoms with Crippen LogP contribution >= 0.6 is 15.9 Å². The molecule has 0 bridgehead atoms. The lowest BCUT2D eigenvalue weighted by Gasteiger charge is -2.34. The van der Waals surface area contributed by atoms with Crippen LogP contribution in [0.4, 0.5) is 0 Å². The van der Waals surface area contributed by atoms with E-state index in [0.29, 0.717) is 32.7 Å². The van der Waals surface area contributed by atoms with Gasteiger partial charge in [0.2, 0.25) is 0 Å². The third kappa shape index (κ3) is 6.02. The zero-order valence-corrected chi connectivity index (χ0v) is 27.7. The van der Waals surface area contributed by atoms with Crippen molar-refractivity contribution in [1.29, 1.82) is 0 Å². The van der Waals surface area contributed by atoms with Gasteiger partial charge >= 0.3 is 5.69 Å². The van der Waals surface area contributed by atoms with Crippen molar-refractivity contribution in [3.63, 3.8) is 0 Å². The third-order valence-electron chi connectivity index (χ3n) is 8.63. The quantitative estimate of drug-likeness (QED) is 0.218. The first-order chi connectivity index (χ1) is 23.3. The zero-order chi connectivity index (χ0) is 33.4. The van der Waals surface area contributed by atoms with Gasteiger partial charge in [0.15, 0.2) is 0 Å². The first kappa shape index (κ1) is 31.1. The summed E-state index contributed by atoms with van der Waals surface area (Å²) in [5.41, 5.74) is 4.19. The number of hydrogen-bond donors (Lipinski definition) is 1. The Morgan fingerprint density at radius 3 is 2.60 bits per heavy atom. The molecule has 10 nitrogen and oxygen atoms in total. The van der Waals surface area contributed by atoms with Gasteiger partial charge in [-0.2, -0.15) is 0 Å². The minimum atomic E-state index is -0.447. The Hall–Kier alpha value is -5.47.